The Morgan fingerprint density at radius 2 is 1.70 bits per heavy atom. The maximum Gasteiger partial charge on any atom is 0.416 e. The fraction of sp³-hybridized carbons (Fsp3) is 0.118. The Labute approximate surface area is 150 Å². The van der Waals surface area contributed by atoms with Crippen molar-refractivity contribution in [1.29, 1.82) is 0 Å². The summed E-state index contributed by atoms with van der Waals surface area (Å²) in [6.07, 6.45) is -4.64. The Bertz CT molecular complexity index is 868. The van der Waals surface area contributed by atoms with E-state index >= 15 is 0 Å². The molecule has 0 aromatic heterocycles. The molecule has 0 bridgehead atoms. The molecule has 0 unspecified atom stereocenters. The van der Waals surface area contributed by atoms with Gasteiger partial charge in [0.25, 0.3) is 5.91 Å². The van der Waals surface area contributed by atoms with Crippen LogP contribution in [0.5, 0.6) is 0 Å². The van der Waals surface area contributed by atoms with E-state index in [1.54, 1.807) is 5.32 Å². The van der Waals surface area contributed by atoms with Crippen LogP contribution in [0.4, 0.5) is 28.0 Å². The van der Waals surface area contributed by atoms with Crippen molar-refractivity contribution in [2.24, 2.45) is 0 Å². The lowest BCUT2D eigenvalue weighted by atomic mass is 10.1. The molecule has 6 nitrogen and oxygen atoms in total. The van der Waals surface area contributed by atoms with Crippen molar-refractivity contribution in [2.75, 3.05) is 11.9 Å². The number of ether oxygens (including phenoxy) is 1. The number of amides is 3. The number of rotatable bonds is 4. The van der Waals surface area contributed by atoms with Crippen LogP contribution in [0.15, 0.2) is 48.5 Å². The summed E-state index contributed by atoms with van der Waals surface area (Å²) in [5.41, 5.74) is -1.64. The molecule has 27 heavy (non-hydrogen) atoms. The Balaban J connectivity index is 1.87. The van der Waals surface area contributed by atoms with E-state index < -0.39 is 47.6 Å². The molecule has 2 N–H and O–H groups in total. The monoisotopic (exact) mass is 384 g/mol. The Kier molecular flexibility index (Phi) is 6.11. The predicted molar refractivity (Wildman–Crippen MR) is 85.3 cm³/mol. The summed E-state index contributed by atoms with van der Waals surface area (Å²) < 4.78 is 55.8. The second-order valence-corrected chi connectivity index (χ2v) is 5.14. The van der Waals surface area contributed by atoms with Gasteiger partial charge in [-0.1, -0.05) is 18.2 Å². The molecule has 3 amide bonds. The molecule has 0 saturated heterocycles. The summed E-state index contributed by atoms with van der Waals surface area (Å²) >= 11 is 0. The van der Waals surface area contributed by atoms with E-state index in [0.29, 0.717) is 6.07 Å². The van der Waals surface area contributed by atoms with Gasteiger partial charge in [-0.3, -0.25) is 10.1 Å². The van der Waals surface area contributed by atoms with Gasteiger partial charge >= 0.3 is 18.2 Å². The first kappa shape index (κ1) is 19.9. The first-order valence-corrected chi connectivity index (χ1v) is 7.36. The molecule has 10 heteroatoms. The molecule has 2 rings (SSSR count). The van der Waals surface area contributed by atoms with Crippen LogP contribution < -0.4 is 10.6 Å². The van der Waals surface area contributed by atoms with Gasteiger partial charge in [-0.05, 0) is 30.3 Å². The van der Waals surface area contributed by atoms with Gasteiger partial charge in [0, 0.05) is 0 Å². The number of urea groups is 1. The maximum atomic E-state index is 13.4. The van der Waals surface area contributed by atoms with Gasteiger partial charge in [0.05, 0.1) is 16.8 Å². The number of hydrogen-bond donors (Lipinski definition) is 2. The van der Waals surface area contributed by atoms with Crippen LogP contribution in [0, 0.1) is 5.82 Å². The third-order valence-corrected chi connectivity index (χ3v) is 3.13. The number of carbonyl (C=O) groups excluding carboxylic acids is 3. The van der Waals surface area contributed by atoms with Gasteiger partial charge < -0.3 is 10.1 Å². The van der Waals surface area contributed by atoms with Crippen molar-refractivity contribution in [3.63, 3.8) is 0 Å². The molecule has 0 fully saturated rings. The highest BCUT2D eigenvalue weighted by molar-refractivity contribution is 6.02. The molecular formula is C17H12F4N2O4. The van der Waals surface area contributed by atoms with Gasteiger partial charge in [0.15, 0.2) is 6.61 Å². The van der Waals surface area contributed by atoms with E-state index in [4.69, 9.17) is 0 Å². The molecule has 0 radical (unpaired) electrons. The number of esters is 1. The van der Waals surface area contributed by atoms with E-state index in [1.165, 1.54) is 18.2 Å². The van der Waals surface area contributed by atoms with E-state index in [1.807, 2.05) is 0 Å². The number of anilines is 1. The van der Waals surface area contributed by atoms with E-state index in [9.17, 15) is 31.9 Å². The quantitative estimate of drug-likeness (QED) is 0.626. The van der Waals surface area contributed by atoms with Crippen molar-refractivity contribution < 1.29 is 36.7 Å². The zero-order valence-electron chi connectivity index (χ0n) is 13.5. The van der Waals surface area contributed by atoms with Crippen LogP contribution in [-0.4, -0.2) is 24.5 Å². The number of carbonyl (C=O) groups is 3. The van der Waals surface area contributed by atoms with Gasteiger partial charge in [0.2, 0.25) is 0 Å². The highest BCUT2D eigenvalue weighted by Crippen LogP contribution is 2.29. The third kappa shape index (κ3) is 5.80. The zero-order chi connectivity index (χ0) is 20.0. The van der Waals surface area contributed by atoms with Crippen LogP contribution in [0.1, 0.15) is 15.9 Å². The third-order valence-electron chi connectivity index (χ3n) is 3.13. The van der Waals surface area contributed by atoms with Gasteiger partial charge in [0.1, 0.15) is 5.82 Å². The molecule has 2 aromatic carbocycles. The fourth-order valence-corrected chi connectivity index (χ4v) is 1.92. The first-order valence-electron chi connectivity index (χ1n) is 7.36. The van der Waals surface area contributed by atoms with Gasteiger partial charge in [-0.2, -0.15) is 13.2 Å². The number of benzene rings is 2. The summed E-state index contributed by atoms with van der Waals surface area (Å²) in [4.78, 5) is 34.9. The highest BCUT2D eigenvalue weighted by atomic mass is 19.4. The number of imide groups is 1. The van der Waals surface area contributed by atoms with Crippen LogP contribution in [0.25, 0.3) is 0 Å². The normalized spacial score (nSPS) is 10.8. The van der Waals surface area contributed by atoms with Crippen molar-refractivity contribution in [3.8, 4) is 0 Å². The zero-order valence-corrected chi connectivity index (χ0v) is 13.5. The summed E-state index contributed by atoms with van der Waals surface area (Å²) in [6, 6.07) is 7.58. The second-order valence-electron chi connectivity index (χ2n) is 5.14. The van der Waals surface area contributed by atoms with E-state index in [-0.39, 0.29) is 5.69 Å². The molecule has 0 heterocycles. The fourth-order valence-electron chi connectivity index (χ4n) is 1.92. The second kappa shape index (κ2) is 8.30. The molecule has 0 atom stereocenters. The average Bonchev–Trinajstić information content (AvgIpc) is 2.61. The summed E-state index contributed by atoms with van der Waals surface area (Å²) in [5.74, 6) is -2.95. The van der Waals surface area contributed by atoms with E-state index in [0.717, 1.165) is 24.3 Å². The van der Waals surface area contributed by atoms with Crippen molar-refractivity contribution >= 4 is 23.6 Å². The van der Waals surface area contributed by atoms with Gasteiger partial charge in [-0.25, -0.2) is 14.0 Å². The minimum Gasteiger partial charge on any atom is -0.452 e. The number of halogens is 4. The number of nitrogens with one attached hydrogen (secondary N) is 2. The van der Waals surface area contributed by atoms with Crippen molar-refractivity contribution in [1.82, 2.24) is 5.32 Å². The number of alkyl halides is 3. The topological polar surface area (TPSA) is 84.5 Å². The summed E-state index contributed by atoms with van der Waals surface area (Å²) in [6.45, 7) is -0.917. The molecule has 0 saturated carbocycles. The minimum absolute atomic E-state index is 0.177. The summed E-state index contributed by atoms with van der Waals surface area (Å²) in [5, 5.41) is 3.86. The van der Waals surface area contributed by atoms with Crippen LogP contribution in [0.3, 0.4) is 0 Å². The lowest BCUT2D eigenvalue weighted by Crippen LogP contribution is -2.37. The standard InChI is InChI=1S/C17H12F4N2O4/c18-12-6-1-2-7-13(12)22-16(26)23-14(24)9-27-15(25)10-4-3-5-11(8-10)17(19,20)21/h1-8H,9H2,(H2,22,23,24,26). The highest BCUT2D eigenvalue weighted by Gasteiger charge is 2.31. The molecule has 0 aliphatic rings. The van der Waals surface area contributed by atoms with Crippen molar-refractivity contribution in [2.45, 2.75) is 6.18 Å². The lowest BCUT2D eigenvalue weighted by Gasteiger charge is -2.09. The van der Waals surface area contributed by atoms with Crippen LogP contribution in [-0.2, 0) is 15.7 Å². The molecular weight excluding hydrogens is 372 g/mol. The smallest absolute Gasteiger partial charge is 0.416 e. The van der Waals surface area contributed by atoms with Crippen LogP contribution in [0.2, 0.25) is 0 Å². The Morgan fingerprint density at radius 1 is 1.00 bits per heavy atom. The summed E-state index contributed by atoms with van der Waals surface area (Å²) in [7, 11) is 0. The number of hydrogen-bond acceptors (Lipinski definition) is 4. The lowest BCUT2D eigenvalue weighted by molar-refractivity contribution is -0.137. The largest absolute Gasteiger partial charge is 0.452 e. The van der Waals surface area contributed by atoms with Crippen LogP contribution >= 0.6 is 0 Å². The Hall–Kier alpha value is -3.43. The average molecular weight is 384 g/mol. The molecule has 2 aromatic rings. The molecule has 0 spiro atoms. The SMILES string of the molecule is O=C(COC(=O)c1cccc(C(F)(F)F)c1)NC(=O)Nc1ccccc1F. The number of para-hydroxylation sites is 1. The Morgan fingerprint density at radius 3 is 2.37 bits per heavy atom. The minimum atomic E-state index is -4.64. The predicted octanol–water partition coefficient (Wildman–Crippen LogP) is 3.35. The van der Waals surface area contributed by atoms with Crippen molar-refractivity contribution in [3.05, 3.63) is 65.5 Å². The molecule has 0 aliphatic carbocycles. The molecule has 142 valence electrons. The van der Waals surface area contributed by atoms with Gasteiger partial charge in [-0.15, -0.1) is 0 Å². The van der Waals surface area contributed by atoms with E-state index in [2.05, 4.69) is 10.1 Å². The maximum absolute atomic E-state index is 13.4. The molecule has 0 aliphatic heterocycles. The first-order chi connectivity index (χ1) is 12.7.